The molecule has 0 radical (unpaired) electrons. The SMILES string of the molecule is CC(C)(C)C(CO)Nc1cc(-n2ccc(NCc3ccccc3F)c(C=N)c2=O)c(F)cn1. The molecule has 2 heterocycles. The van der Waals surface area contributed by atoms with E-state index in [2.05, 4.69) is 15.6 Å². The minimum absolute atomic E-state index is 0.00230. The molecule has 174 valence electrons. The molecule has 3 aromatic rings. The second-order valence-electron chi connectivity index (χ2n) is 8.67. The molecule has 3 rings (SSSR count). The predicted octanol–water partition coefficient (Wildman–Crippen LogP) is 3.94. The van der Waals surface area contributed by atoms with Crippen LogP contribution in [-0.4, -0.2) is 33.5 Å². The fourth-order valence-electron chi connectivity index (χ4n) is 3.27. The summed E-state index contributed by atoms with van der Waals surface area (Å²) in [6.45, 7) is 5.79. The molecule has 0 saturated heterocycles. The smallest absolute Gasteiger partial charge is 0.266 e. The molecule has 0 spiro atoms. The molecule has 0 saturated carbocycles. The zero-order chi connectivity index (χ0) is 24.2. The molecule has 0 aliphatic rings. The molecule has 2 aromatic heterocycles. The number of anilines is 2. The Morgan fingerprint density at radius 2 is 1.94 bits per heavy atom. The fraction of sp³-hybridized carbons (Fsp3) is 0.292. The monoisotopic (exact) mass is 455 g/mol. The lowest BCUT2D eigenvalue weighted by Gasteiger charge is -2.30. The van der Waals surface area contributed by atoms with E-state index in [-0.39, 0.29) is 41.7 Å². The molecule has 9 heteroatoms. The van der Waals surface area contributed by atoms with Crippen LogP contribution in [-0.2, 0) is 6.54 Å². The molecule has 1 aromatic carbocycles. The summed E-state index contributed by atoms with van der Waals surface area (Å²) in [5.74, 6) is -0.808. The van der Waals surface area contributed by atoms with Gasteiger partial charge in [0.2, 0.25) is 0 Å². The highest BCUT2D eigenvalue weighted by Crippen LogP contribution is 2.24. The van der Waals surface area contributed by atoms with Gasteiger partial charge in [0.05, 0.1) is 35.8 Å². The van der Waals surface area contributed by atoms with Gasteiger partial charge in [-0.2, -0.15) is 0 Å². The summed E-state index contributed by atoms with van der Waals surface area (Å²) in [6.07, 6.45) is 3.26. The van der Waals surface area contributed by atoms with E-state index in [4.69, 9.17) is 5.41 Å². The number of aliphatic hydroxyl groups excluding tert-OH is 1. The second kappa shape index (κ2) is 9.91. The lowest BCUT2D eigenvalue weighted by atomic mass is 9.87. The molecule has 4 N–H and O–H groups in total. The Morgan fingerprint density at radius 3 is 2.58 bits per heavy atom. The first-order valence-electron chi connectivity index (χ1n) is 10.4. The summed E-state index contributed by atoms with van der Waals surface area (Å²) in [5, 5.41) is 23.4. The topological polar surface area (TPSA) is 103 Å². The van der Waals surface area contributed by atoms with Crippen LogP contribution in [0.4, 0.5) is 20.3 Å². The van der Waals surface area contributed by atoms with Crippen LogP contribution in [0, 0.1) is 22.5 Å². The summed E-state index contributed by atoms with van der Waals surface area (Å²) in [6, 6.07) is 8.81. The second-order valence-corrected chi connectivity index (χ2v) is 8.67. The minimum Gasteiger partial charge on any atom is -0.394 e. The van der Waals surface area contributed by atoms with Crippen LogP contribution in [0.2, 0.25) is 0 Å². The van der Waals surface area contributed by atoms with Crippen LogP contribution in [0.5, 0.6) is 0 Å². The molecule has 1 unspecified atom stereocenters. The van der Waals surface area contributed by atoms with Crippen molar-refractivity contribution in [3.05, 3.63) is 81.9 Å². The zero-order valence-electron chi connectivity index (χ0n) is 18.7. The van der Waals surface area contributed by atoms with Crippen molar-refractivity contribution in [3.8, 4) is 5.69 Å². The van der Waals surface area contributed by atoms with Crippen molar-refractivity contribution >= 4 is 17.7 Å². The van der Waals surface area contributed by atoms with Crippen molar-refractivity contribution in [2.24, 2.45) is 5.41 Å². The fourth-order valence-corrected chi connectivity index (χ4v) is 3.27. The van der Waals surface area contributed by atoms with E-state index in [9.17, 15) is 18.7 Å². The number of benzene rings is 1. The largest absolute Gasteiger partial charge is 0.394 e. The Labute approximate surface area is 190 Å². The van der Waals surface area contributed by atoms with Crippen molar-refractivity contribution in [1.29, 1.82) is 5.41 Å². The van der Waals surface area contributed by atoms with E-state index in [0.29, 0.717) is 17.1 Å². The number of pyridine rings is 2. The molecule has 0 amide bonds. The van der Waals surface area contributed by atoms with Crippen LogP contribution in [0.1, 0.15) is 31.9 Å². The number of halogens is 2. The maximum Gasteiger partial charge on any atom is 0.266 e. The lowest BCUT2D eigenvalue weighted by Crippen LogP contribution is -2.37. The average molecular weight is 456 g/mol. The predicted molar refractivity (Wildman–Crippen MR) is 125 cm³/mol. The van der Waals surface area contributed by atoms with Crippen molar-refractivity contribution in [2.75, 3.05) is 17.2 Å². The first-order valence-corrected chi connectivity index (χ1v) is 10.4. The van der Waals surface area contributed by atoms with Gasteiger partial charge in [-0.15, -0.1) is 0 Å². The van der Waals surface area contributed by atoms with E-state index in [1.54, 1.807) is 18.2 Å². The van der Waals surface area contributed by atoms with Crippen molar-refractivity contribution in [3.63, 3.8) is 0 Å². The highest BCUT2D eigenvalue weighted by Gasteiger charge is 2.24. The summed E-state index contributed by atoms with van der Waals surface area (Å²) in [5.41, 5.74) is -0.217. The molecule has 1 atom stereocenters. The van der Waals surface area contributed by atoms with Crippen LogP contribution >= 0.6 is 0 Å². The Hall–Kier alpha value is -3.59. The Bertz CT molecular complexity index is 1200. The van der Waals surface area contributed by atoms with E-state index >= 15 is 0 Å². The normalized spacial score (nSPS) is 12.3. The highest BCUT2D eigenvalue weighted by atomic mass is 19.1. The summed E-state index contributed by atoms with van der Waals surface area (Å²) in [4.78, 5) is 17.1. The number of hydrogen-bond acceptors (Lipinski definition) is 6. The van der Waals surface area contributed by atoms with Gasteiger partial charge in [-0.25, -0.2) is 13.8 Å². The molecule has 0 aliphatic carbocycles. The van der Waals surface area contributed by atoms with Gasteiger partial charge in [-0.1, -0.05) is 39.0 Å². The molecule has 7 nitrogen and oxygen atoms in total. The molecule has 0 bridgehead atoms. The maximum absolute atomic E-state index is 14.6. The van der Waals surface area contributed by atoms with Crippen LogP contribution in [0.3, 0.4) is 0 Å². The lowest BCUT2D eigenvalue weighted by molar-refractivity contribution is 0.201. The number of rotatable bonds is 8. The van der Waals surface area contributed by atoms with Gasteiger partial charge >= 0.3 is 0 Å². The molecule has 0 aliphatic heterocycles. The van der Waals surface area contributed by atoms with E-state index in [1.165, 1.54) is 24.4 Å². The average Bonchev–Trinajstić information content (AvgIpc) is 2.77. The quantitative estimate of drug-likeness (QED) is 0.385. The van der Waals surface area contributed by atoms with Gasteiger partial charge in [0.1, 0.15) is 11.6 Å². The van der Waals surface area contributed by atoms with E-state index in [0.717, 1.165) is 17.0 Å². The third-order valence-electron chi connectivity index (χ3n) is 5.35. The van der Waals surface area contributed by atoms with Crippen molar-refractivity contribution < 1.29 is 13.9 Å². The Morgan fingerprint density at radius 1 is 1.21 bits per heavy atom. The number of nitrogens with zero attached hydrogens (tertiary/aromatic N) is 2. The highest BCUT2D eigenvalue weighted by molar-refractivity contribution is 5.85. The number of hydrogen-bond donors (Lipinski definition) is 4. The zero-order valence-corrected chi connectivity index (χ0v) is 18.7. The molecule has 0 fully saturated rings. The van der Waals surface area contributed by atoms with Crippen LogP contribution < -0.4 is 16.2 Å². The summed E-state index contributed by atoms with van der Waals surface area (Å²) < 4.78 is 29.6. The van der Waals surface area contributed by atoms with Crippen LogP contribution in [0.15, 0.2) is 53.6 Å². The number of nitrogens with one attached hydrogen (secondary N) is 3. The molecule has 33 heavy (non-hydrogen) atoms. The van der Waals surface area contributed by atoms with Gasteiger partial charge < -0.3 is 21.1 Å². The van der Waals surface area contributed by atoms with Gasteiger partial charge in [0.25, 0.3) is 5.56 Å². The molecular formula is C24H27F2N5O2. The Kier molecular flexibility index (Phi) is 7.23. The van der Waals surface area contributed by atoms with E-state index in [1.807, 2.05) is 20.8 Å². The van der Waals surface area contributed by atoms with E-state index < -0.39 is 11.4 Å². The molecular weight excluding hydrogens is 428 g/mol. The number of aliphatic hydroxyl groups is 1. The van der Waals surface area contributed by atoms with Gasteiger partial charge in [0, 0.05) is 30.6 Å². The maximum atomic E-state index is 14.6. The van der Waals surface area contributed by atoms with Crippen molar-refractivity contribution in [2.45, 2.75) is 33.4 Å². The third-order valence-corrected chi connectivity index (χ3v) is 5.35. The number of aromatic nitrogens is 2. The summed E-state index contributed by atoms with van der Waals surface area (Å²) >= 11 is 0. The first kappa shape index (κ1) is 24.1. The van der Waals surface area contributed by atoms with Crippen LogP contribution in [0.25, 0.3) is 5.69 Å². The Balaban J connectivity index is 1.94. The van der Waals surface area contributed by atoms with Gasteiger partial charge in [0.15, 0.2) is 5.82 Å². The summed E-state index contributed by atoms with van der Waals surface area (Å²) in [7, 11) is 0. The van der Waals surface area contributed by atoms with Gasteiger partial charge in [-0.05, 0) is 17.5 Å². The van der Waals surface area contributed by atoms with Crippen molar-refractivity contribution in [1.82, 2.24) is 9.55 Å². The van der Waals surface area contributed by atoms with Gasteiger partial charge in [-0.3, -0.25) is 9.36 Å². The standard InChI is InChI=1S/C24H27F2N5O2/c1-24(2,3)21(14-32)30-22-10-20(18(26)13-29-22)31-9-8-19(16(11-27)23(31)33)28-12-15-6-4-5-7-17(15)25/h4-11,13,21,27-28,32H,12,14H2,1-3H3,(H,29,30). The third kappa shape index (κ3) is 5.43. The minimum atomic E-state index is -0.720. The first-order chi connectivity index (χ1) is 15.7.